The molecule has 0 aliphatic carbocycles. The average Bonchev–Trinajstić information content (AvgIpc) is 2.86. The fraction of sp³-hybridized carbons (Fsp3) is 0.455. The second-order valence-corrected chi connectivity index (χ2v) is 11.3. The minimum atomic E-state index is -4.40. The normalized spacial score (nSPS) is 11.5. The molecule has 0 aliphatic heterocycles. The van der Waals surface area contributed by atoms with Crippen molar-refractivity contribution in [2.75, 3.05) is 0 Å². The summed E-state index contributed by atoms with van der Waals surface area (Å²) in [6.07, 6.45) is -5.17. The number of rotatable bonds is 9. The Kier molecular flexibility index (Phi) is 15.7. The van der Waals surface area contributed by atoms with Gasteiger partial charge in [0.05, 0.1) is 11.1 Å². The van der Waals surface area contributed by atoms with Crippen molar-refractivity contribution < 1.29 is 44.3 Å². The number of hydrogen-bond donors (Lipinski definition) is 0. The first kappa shape index (κ1) is 37.9. The van der Waals surface area contributed by atoms with E-state index in [1.807, 2.05) is 39.8 Å². The summed E-state index contributed by atoms with van der Waals surface area (Å²) in [6, 6.07) is 13.2. The van der Waals surface area contributed by atoms with E-state index in [2.05, 4.69) is 18.6 Å². The minimum Gasteiger partial charge on any atom is -0.435 e. The van der Waals surface area contributed by atoms with Crippen molar-refractivity contribution in [3.63, 3.8) is 0 Å². The van der Waals surface area contributed by atoms with E-state index in [0.29, 0.717) is 24.7 Å². The first-order valence-electron chi connectivity index (χ1n) is 13.8. The highest BCUT2D eigenvalue weighted by Crippen LogP contribution is 2.31. The maximum atomic E-state index is 13.2. The van der Waals surface area contributed by atoms with Crippen molar-refractivity contribution in [2.45, 2.75) is 80.0 Å². The average molecular weight is 623 g/mol. The summed E-state index contributed by atoms with van der Waals surface area (Å²) in [5, 5.41) is 0. The van der Waals surface area contributed by atoms with E-state index in [9.17, 15) is 39.5 Å². The van der Waals surface area contributed by atoms with Gasteiger partial charge in [-0.3, -0.25) is 0 Å². The molecule has 0 spiro atoms. The van der Waals surface area contributed by atoms with Crippen molar-refractivity contribution in [3.05, 3.63) is 100 Å². The number of hydrogen-bond acceptors (Lipinski definition) is 1. The summed E-state index contributed by atoms with van der Waals surface area (Å²) in [6.45, 7) is 9.13. The van der Waals surface area contributed by atoms with Crippen LogP contribution in [-0.2, 0) is 25.4 Å². The summed E-state index contributed by atoms with van der Waals surface area (Å²) >= 11 is 0. The minimum absolute atomic E-state index is 0.125. The number of ether oxygens (including phenoxy) is 1. The van der Waals surface area contributed by atoms with E-state index in [-0.39, 0.29) is 17.2 Å². The van der Waals surface area contributed by atoms with Crippen LogP contribution in [0.5, 0.6) is 5.75 Å². The molecular formula is C33H39F9O. The standard InChI is InChI=1S/C11H12F4.C11H13F3.C11H14F2O/c1-7(2)5-8-6-9(11(13,14)15)3-4-10(8)12;1-7(2)5-8-3-4-10(12)9(6-8)11(13)14;1-8(2)7-9-3-5-10(6-4-9)14-11(12)13/h3-4,6-7H,5H2,1-2H3;3-4,6-7,11H,5H2,1-2H3;3-6,8,11H,7H2,1-2H3. The van der Waals surface area contributed by atoms with E-state index < -0.39 is 42.0 Å². The van der Waals surface area contributed by atoms with E-state index in [4.69, 9.17) is 0 Å². The number of halogens is 9. The second-order valence-electron chi connectivity index (χ2n) is 11.3. The Bertz CT molecular complexity index is 1190. The van der Waals surface area contributed by atoms with Crippen molar-refractivity contribution >= 4 is 0 Å². The Morgan fingerprint density at radius 1 is 0.605 bits per heavy atom. The van der Waals surface area contributed by atoms with Crippen molar-refractivity contribution in [1.29, 1.82) is 0 Å². The van der Waals surface area contributed by atoms with E-state index in [0.717, 1.165) is 41.8 Å². The zero-order valence-corrected chi connectivity index (χ0v) is 25.1. The largest absolute Gasteiger partial charge is 0.435 e. The topological polar surface area (TPSA) is 9.23 Å². The zero-order chi connectivity index (χ0) is 32.9. The molecule has 43 heavy (non-hydrogen) atoms. The molecular weight excluding hydrogens is 583 g/mol. The fourth-order valence-corrected chi connectivity index (χ4v) is 3.98. The van der Waals surface area contributed by atoms with Gasteiger partial charge in [0.1, 0.15) is 17.4 Å². The molecule has 0 heterocycles. The Balaban J connectivity index is 0.000000323. The van der Waals surface area contributed by atoms with Crippen molar-refractivity contribution in [3.8, 4) is 5.75 Å². The van der Waals surface area contributed by atoms with Crippen LogP contribution in [-0.4, -0.2) is 6.61 Å². The first-order valence-corrected chi connectivity index (χ1v) is 13.8. The summed E-state index contributed by atoms with van der Waals surface area (Å²) < 4.78 is 115. The van der Waals surface area contributed by atoms with Gasteiger partial charge in [0.15, 0.2) is 0 Å². The van der Waals surface area contributed by atoms with Gasteiger partial charge >= 0.3 is 12.8 Å². The highest BCUT2D eigenvalue weighted by molar-refractivity contribution is 5.28. The molecule has 0 saturated heterocycles. The third-order valence-corrected chi connectivity index (χ3v) is 5.73. The molecule has 0 fully saturated rings. The predicted octanol–water partition coefficient (Wildman–Crippen LogP) is 11.5. The van der Waals surface area contributed by atoms with Gasteiger partial charge in [-0.2, -0.15) is 22.0 Å². The second kappa shape index (κ2) is 17.8. The maximum Gasteiger partial charge on any atom is 0.416 e. The molecule has 0 amide bonds. The number of benzene rings is 3. The third kappa shape index (κ3) is 15.2. The monoisotopic (exact) mass is 622 g/mol. The molecule has 10 heteroatoms. The van der Waals surface area contributed by atoms with Crippen molar-refractivity contribution in [1.82, 2.24) is 0 Å². The van der Waals surface area contributed by atoms with Gasteiger partial charge in [-0.25, -0.2) is 17.6 Å². The first-order chi connectivity index (χ1) is 19.9. The lowest BCUT2D eigenvalue weighted by Crippen LogP contribution is -2.07. The molecule has 0 N–H and O–H groups in total. The molecule has 0 unspecified atom stereocenters. The smallest absolute Gasteiger partial charge is 0.416 e. The van der Waals surface area contributed by atoms with Gasteiger partial charge in [0.2, 0.25) is 0 Å². The number of alkyl halides is 7. The molecule has 0 atom stereocenters. The Labute approximate surface area is 248 Å². The highest BCUT2D eigenvalue weighted by atomic mass is 19.4. The zero-order valence-electron chi connectivity index (χ0n) is 25.1. The lowest BCUT2D eigenvalue weighted by atomic mass is 10.0. The Hall–Kier alpha value is -3.17. The van der Waals surface area contributed by atoms with Gasteiger partial charge in [0.25, 0.3) is 6.43 Å². The quantitative estimate of drug-likeness (QED) is 0.216. The van der Waals surface area contributed by atoms with Gasteiger partial charge in [-0.05, 0) is 96.2 Å². The van der Waals surface area contributed by atoms with Crippen LogP contribution >= 0.6 is 0 Å². The predicted molar refractivity (Wildman–Crippen MR) is 151 cm³/mol. The Morgan fingerprint density at radius 2 is 1.09 bits per heavy atom. The molecule has 0 aliphatic rings. The molecule has 1 nitrogen and oxygen atoms in total. The third-order valence-electron chi connectivity index (χ3n) is 5.73. The summed E-state index contributed by atoms with van der Waals surface area (Å²) in [4.78, 5) is 0. The van der Waals surface area contributed by atoms with E-state index >= 15 is 0 Å². The van der Waals surface area contributed by atoms with Gasteiger partial charge in [0, 0.05) is 0 Å². The molecule has 0 saturated carbocycles. The lowest BCUT2D eigenvalue weighted by Gasteiger charge is -2.11. The molecule has 0 bridgehead atoms. The molecule has 3 rings (SSSR count). The van der Waals surface area contributed by atoms with E-state index in [1.165, 1.54) is 6.07 Å². The Morgan fingerprint density at radius 3 is 1.56 bits per heavy atom. The van der Waals surface area contributed by atoms with Gasteiger partial charge in [-0.1, -0.05) is 59.7 Å². The van der Waals surface area contributed by atoms with Crippen LogP contribution in [0.2, 0.25) is 0 Å². The highest BCUT2D eigenvalue weighted by Gasteiger charge is 2.31. The van der Waals surface area contributed by atoms with Gasteiger partial charge in [-0.15, -0.1) is 0 Å². The summed E-state index contributed by atoms with van der Waals surface area (Å²) in [5.41, 5.74) is 0.737. The lowest BCUT2D eigenvalue weighted by molar-refractivity contribution is -0.137. The van der Waals surface area contributed by atoms with E-state index in [1.54, 1.807) is 18.2 Å². The maximum absolute atomic E-state index is 13.2. The van der Waals surface area contributed by atoms with Crippen LogP contribution in [0, 0.1) is 29.4 Å². The SMILES string of the molecule is CC(C)Cc1cc(C(F)(F)F)ccc1F.CC(C)Cc1ccc(F)c(C(F)F)c1.CC(C)Cc1ccc(OC(F)F)cc1. The molecule has 3 aromatic carbocycles. The molecule has 3 aromatic rings. The van der Waals surface area contributed by atoms with Gasteiger partial charge < -0.3 is 4.74 Å². The summed E-state index contributed by atoms with van der Waals surface area (Å²) in [7, 11) is 0. The van der Waals surface area contributed by atoms with Crippen LogP contribution in [0.15, 0.2) is 60.7 Å². The van der Waals surface area contributed by atoms with Crippen LogP contribution in [0.4, 0.5) is 39.5 Å². The molecule has 0 aromatic heterocycles. The van der Waals surface area contributed by atoms with Crippen LogP contribution in [0.1, 0.15) is 75.8 Å². The van der Waals surface area contributed by atoms with Crippen LogP contribution in [0.25, 0.3) is 0 Å². The fourth-order valence-electron chi connectivity index (χ4n) is 3.98. The summed E-state index contributed by atoms with van der Waals surface area (Å²) in [5.74, 6) is -0.109. The van der Waals surface area contributed by atoms with Crippen LogP contribution < -0.4 is 4.74 Å². The van der Waals surface area contributed by atoms with Crippen molar-refractivity contribution in [2.24, 2.45) is 17.8 Å². The van der Waals surface area contributed by atoms with Crippen LogP contribution in [0.3, 0.4) is 0 Å². The molecule has 0 radical (unpaired) electrons. The molecule has 240 valence electrons.